The van der Waals surface area contributed by atoms with Crippen LogP contribution in [0.5, 0.6) is 0 Å². The van der Waals surface area contributed by atoms with Crippen molar-refractivity contribution in [1.82, 2.24) is 29.7 Å². The number of para-hydroxylation sites is 2. The Hall–Kier alpha value is -4.38. The number of hydrogen-bond acceptors (Lipinski definition) is 8. The number of benzene rings is 1. The fourth-order valence-corrected chi connectivity index (χ4v) is 5.82. The number of rotatable bonds is 9. The van der Waals surface area contributed by atoms with Gasteiger partial charge in [0.1, 0.15) is 0 Å². The lowest BCUT2D eigenvalue weighted by Crippen LogP contribution is -2.56. The van der Waals surface area contributed by atoms with Gasteiger partial charge in [-0.2, -0.15) is 26.3 Å². The van der Waals surface area contributed by atoms with Crippen LogP contribution in [-0.2, 0) is 32.1 Å². The van der Waals surface area contributed by atoms with E-state index in [-0.39, 0.29) is 29.7 Å². The Bertz CT molecular complexity index is 1620. The van der Waals surface area contributed by atoms with Crippen molar-refractivity contribution in [2.45, 2.75) is 51.6 Å². The number of carbonyl (C=O) groups excluding carboxylic acids is 4. The second-order valence-corrected chi connectivity index (χ2v) is 12.4. The highest BCUT2D eigenvalue weighted by atomic mass is 19.4. The van der Waals surface area contributed by atoms with E-state index < -0.39 is 23.9 Å². The Kier molecular flexibility index (Phi) is 12.7. The van der Waals surface area contributed by atoms with Gasteiger partial charge in [-0.1, -0.05) is 32.0 Å². The van der Waals surface area contributed by atoms with Crippen molar-refractivity contribution in [3.05, 3.63) is 60.2 Å². The van der Waals surface area contributed by atoms with Gasteiger partial charge in [0, 0.05) is 57.7 Å². The molecule has 11 nitrogen and oxygen atoms in total. The molecular weight excluding hydrogens is 674 g/mol. The number of piperidine rings is 1. The Morgan fingerprint density at radius 2 is 1.62 bits per heavy atom. The summed E-state index contributed by atoms with van der Waals surface area (Å²) in [4.78, 5) is 59.7. The molecular formula is C33H38F6N6O5. The van der Waals surface area contributed by atoms with Gasteiger partial charge in [-0.3, -0.25) is 24.2 Å². The maximum atomic E-state index is 14.3. The first kappa shape index (κ1) is 38.4. The summed E-state index contributed by atoms with van der Waals surface area (Å²) in [6, 6.07) is 11.8. The number of Topliss-reactive ketones (excluding diaryl/α,β-unsaturated/α-hetero) is 2. The van der Waals surface area contributed by atoms with Gasteiger partial charge in [0.15, 0.2) is 5.82 Å². The van der Waals surface area contributed by atoms with Crippen molar-refractivity contribution in [2.24, 2.45) is 11.8 Å². The van der Waals surface area contributed by atoms with E-state index in [0.29, 0.717) is 64.7 Å². The number of nitrogens with one attached hydrogen (secondary N) is 1. The summed E-state index contributed by atoms with van der Waals surface area (Å²) < 4.78 is 74.4. The molecule has 2 saturated heterocycles. The number of imidazole rings is 1. The second-order valence-electron chi connectivity index (χ2n) is 12.4. The molecule has 272 valence electrons. The number of halogens is 6. The molecule has 0 saturated carbocycles. The summed E-state index contributed by atoms with van der Waals surface area (Å²) in [5.41, 5.74) is 2.88. The van der Waals surface area contributed by atoms with Crippen LogP contribution < -0.4 is 5.32 Å². The highest BCUT2D eigenvalue weighted by Crippen LogP contribution is 2.25. The zero-order valence-electron chi connectivity index (χ0n) is 27.5. The van der Waals surface area contributed by atoms with Crippen LogP contribution in [0.2, 0.25) is 0 Å². The fourth-order valence-electron chi connectivity index (χ4n) is 5.82. The van der Waals surface area contributed by atoms with Gasteiger partial charge in [0.2, 0.25) is 5.91 Å². The molecule has 3 aromatic rings. The molecule has 0 aliphatic carbocycles. The normalized spacial score (nSPS) is 18.4. The van der Waals surface area contributed by atoms with Crippen LogP contribution in [0.15, 0.2) is 48.8 Å². The summed E-state index contributed by atoms with van der Waals surface area (Å²) in [6.45, 7) is 9.23. The molecule has 2 amide bonds. The average Bonchev–Trinajstić information content (AvgIpc) is 3.47. The van der Waals surface area contributed by atoms with Crippen molar-refractivity contribution in [1.29, 1.82) is 0 Å². The number of carbonyl (C=O) groups is 4. The number of nitrogens with zero attached hydrogens (tertiary/aromatic N) is 5. The third-order valence-electron chi connectivity index (χ3n) is 8.18. The van der Waals surface area contributed by atoms with E-state index in [9.17, 15) is 45.5 Å². The molecule has 2 atom stereocenters. The molecule has 17 heteroatoms. The van der Waals surface area contributed by atoms with E-state index in [0.717, 1.165) is 23.0 Å². The minimum atomic E-state index is -5.77. The fraction of sp³-hybridized carbons (Fsp3) is 0.515. The molecule has 5 rings (SSSR count). The highest BCUT2D eigenvalue weighted by molar-refractivity contribution is 6.41. The van der Waals surface area contributed by atoms with Crippen LogP contribution in [-0.4, -0.2) is 112 Å². The van der Waals surface area contributed by atoms with Gasteiger partial charge in [-0.15, -0.1) is 0 Å². The van der Waals surface area contributed by atoms with E-state index in [1.54, 1.807) is 6.20 Å². The van der Waals surface area contributed by atoms with Crippen molar-refractivity contribution in [3.63, 3.8) is 0 Å². The number of ketones is 2. The predicted molar refractivity (Wildman–Crippen MR) is 168 cm³/mol. The summed E-state index contributed by atoms with van der Waals surface area (Å²) in [5, 5.41) is 3.45. The molecule has 2 aliphatic rings. The Morgan fingerprint density at radius 3 is 2.22 bits per heavy atom. The molecule has 2 aliphatic heterocycles. The quantitative estimate of drug-likeness (QED) is 0.262. The van der Waals surface area contributed by atoms with Crippen molar-refractivity contribution < 1.29 is 50.3 Å². The highest BCUT2D eigenvalue weighted by Gasteiger charge is 2.54. The largest absolute Gasteiger partial charge is 0.458 e. The van der Waals surface area contributed by atoms with Gasteiger partial charge in [-0.05, 0) is 42.5 Å². The monoisotopic (exact) mass is 712 g/mol. The summed E-state index contributed by atoms with van der Waals surface area (Å²) >= 11 is 0. The molecule has 0 spiro atoms. The number of amides is 2. The first-order valence-electron chi connectivity index (χ1n) is 16.0. The van der Waals surface area contributed by atoms with E-state index in [2.05, 4.69) is 30.2 Å². The van der Waals surface area contributed by atoms with E-state index in [1.807, 2.05) is 50.9 Å². The molecule has 4 heterocycles. The molecule has 0 radical (unpaired) electrons. The summed E-state index contributed by atoms with van der Waals surface area (Å²) in [5.74, 6) is -6.15. The van der Waals surface area contributed by atoms with Crippen molar-refractivity contribution in [3.8, 4) is 0 Å². The first-order chi connectivity index (χ1) is 23.6. The number of morpholine rings is 1. The molecule has 0 bridgehead atoms. The first-order valence-corrected chi connectivity index (χ1v) is 16.0. The number of aromatic nitrogens is 3. The van der Waals surface area contributed by atoms with Gasteiger partial charge in [0.05, 0.1) is 30.2 Å². The maximum Gasteiger partial charge on any atom is 0.458 e. The van der Waals surface area contributed by atoms with Crippen molar-refractivity contribution >= 4 is 34.4 Å². The van der Waals surface area contributed by atoms with Crippen LogP contribution in [0.25, 0.3) is 11.0 Å². The minimum Gasteiger partial charge on any atom is -0.378 e. The third-order valence-corrected chi connectivity index (χ3v) is 8.18. The molecule has 1 aromatic carbocycles. The number of aryl methyl sites for hydroxylation is 2. The Labute approximate surface area is 284 Å². The topological polar surface area (TPSA) is 127 Å². The average molecular weight is 713 g/mol. The Morgan fingerprint density at radius 1 is 0.960 bits per heavy atom. The lowest BCUT2D eigenvalue weighted by Gasteiger charge is -2.40. The number of hydrogen-bond donors (Lipinski definition) is 1. The number of pyridine rings is 1. The zero-order valence-corrected chi connectivity index (χ0v) is 27.5. The van der Waals surface area contributed by atoms with Crippen molar-refractivity contribution in [2.75, 3.05) is 45.9 Å². The van der Waals surface area contributed by atoms with Gasteiger partial charge >= 0.3 is 23.9 Å². The number of ether oxygens (including phenoxy) is 1. The lowest BCUT2D eigenvalue weighted by atomic mass is 9.92. The minimum absolute atomic E-state index is 0.0765. The molecule has 0 unspecified atom stereocenters. The van der Waals surface area contributed by atoms with Crippen LogP contribution >= 0.6 is 0 Å². The van der Waals surface area contributed by atoms with Gasteiger partial charge in [0.25, 0.3) is 5.91 Å². The van der Waals surface area contributed by atoms with Crippen LogP contribution in [0.4, 0.5) is 26.3 Å². The molecule has 1 N–H and O–H groups in total. The van der Waals surface area contributed by atoms with Crippen LogP contribution in [0.1, 0.15) is 36.5 Å². The molecule has 2 fully saturated rings. The van der Waals surface area contributed by atoms with Gasteiger partial charge in [-0.25, -0.2) is 4.98 Å². The van der Waals surface area contributed by atoms with E-state index in [1.165, 1.54) is 0 Å². The molecule has 2 aromatic heterocycles. The third kappa shape index (κ3) is 9.87. The van der Waals surface area contributed by atoms with Crippen LogP contribution in [0.3, 0.4) is 0 Å². The predicted octanol–water partition coefficient (Wildman–Crippen LogP) is 3.86. The smallest absolute Gasteiger partial charge is 0.378 e. The second kappa shape index (κ2) is 16.6. The number of fused-ring (bicyclic) bond motifs is 1. The van der Waals surface area contributed by atoms with E-state index in [4.69, 9.17) is 9.72 Å². The van der Waals surface area contributed by atoms with Gasteiger partial charge < -0.3 is 24.4 Å². The lowest BCUT2D eigenvalue weighted by molar-refractivity contribution is -0.193. The Balaban J connectivity index is 0.000000402. The summed E-state index contributed by atoms with van der Waals surface area (Å²) in [7, 11) is 0. The zero-order chi connectivity index (χ0) is 36.6. The van der Waals surface area contributed by atoms with E-state index >= 15 is 0 Å². The summed E-state index contributed by atoms with van der Waals surface area (Å²) in [6.07, 6.45) is -6.51. The standard InChI is InChI=1S/C29H38N6O3.C4F6O2/c1-21(2)20-35(24-16-23(18-31-19-24)28(36)33-12-14-38-15-13-33)29(37)27-32-25-7-3-4-8-26(25)34(27)11-9-22-6-5-10-30-17-22;5-3(6,7)1(11)2(12)4(8,9)10/h3-8,10,17,21,23-24,31H,9,11-16,18-20H2,1-2H3;/t23-,24+;/m1./s1. The molecule has 50 heavy (non-hydrogen) atoms. The maximum absolute atomic E-state index is 14.3. The number of alkyl halides is 6. The van der Waals surface area contributed by atoms with Crippen LogP contribution in [0, 0.1) is 11.8 Å². The SMILES string of the molecule is CC(C)CN(C(=O)c1nc2ccccc2n1CCc1cccnc1)[C@@H]1CNC[C@H](C(=O)N2CCOCC2)C1.O=C(C(=O)C(F)(F)F)C(F)(F)F.